The van der Waals surface area contributed by atoms with Crippen LogP contribution in [0.3, 0.4) is 0 Å². The van der Waals surface area contributed by atoms with Crippen molar-refractivity contribution >= 4 is 0 Å². The van der Waals surface area contributed by atoms with E-state index in [1.165, 1.54) is 116 Å². The Balaban J connectivity index is 1.91. The Labute approximate surface area is 207 Å². The van der Waals surface area contributed by atoms with Gasteiger partial charge in [-0.05, 0) is 99.2 Å². The lowest BCUT2D eigenvalue weighted by Gasteiger charge is -2.62. The molecule has 33 heavy (non-hydrogen) atoms. The molecule has 0 aliphatic heterocycles. The minimum atomic E-state index is 0.468. The van der Waals surface area contributed by atoms with Gasteiger partial charge in [-0.3, -0.25) is 0 Å². The fraction of sp³-hybridized carbons (Fsp3) is 0.879. The van der Waals surface area contributed by atoms with Crippen molar-refractivity contribution in [3.05, 3.63) is 23.8 Å². The summed E-state index contributed by atoms with van der Waals surface area (Å²) in [6.07, 6.45) is 34.3. The van der Waals surface area contributed by atoms with Crippen LogP contribution in [0.4, 0.5) is 0 Å². The number of hydrogen-bond acceptors (Lipinski definition) is 0. The second-order valence-electron chi connectivity index (χ2n) is 12.6. The molecule has 0 aromatic heterocycles. The van der Waals surface area contributed by atoms with Crippen LogP contribution in [0.1, 0.15) is 143 Å². The summed E-state index contributed by atoms with van der Waals surface area (Å²) in [6, 6.07) is 0. The van der Waals surface area contributed by atoms with E-state index < -0.39 is 0 Å². The first-order valence-electron chi connectivity index (χ1n) is 15.5. The molecule has 0 spiro atoms. The maximum atomic E-state index is 2.92. The molecule has 0 radical (unpaired) electrons. The monoisotopic (exact) mass is 452 g/mol. The molecule has 188 valence electrons. The summed E-state index contributed by atoms with van der Waals surface area (Å²) in [5.41, 5.74) is 2.99. The first-order chi connectivity index (χ1) is 16.2. The molecule has 4 aliphatic rings. The summed E-state index contributed by atoms with van der Waals surface area (Å²) >= 11 is 0. The Kier molecular flexibility index (Phi) is 8.89. The average Bonchev–Trinajstić information content (AvgIpc) is 3.61. The van der Waals surface area contributed by atoms with E-state index in [2.05, 4.69) is 45.9 Å². The summed E-state index contributed by atoms with van der Waals surface area (Å²) in [7, 11) is 0. The van der Waals surface area contributed by atoms with Crippen LogP contribution in [0, 0.1) is 40.4 Å². The molecule has 5 unspecified atom stereocenters. The maximum absolute atomic E-state index is 2.92. The molecule has 0 heteroatoms. The lowest BCUT2D eigenvalue weighted by Crippen LogP contribution is -2.57. The summed E-state index contributed by atoms with van der Waals surface area (Å²) < 4.78 is 0. The third-order valence-electron chi connectivity index (χ3n) is 11.3. The Morgan fingerprint density at radius 3 is 2.15 bits per heavy atom. The van der Waals surface area contributed by atoms with Gasteiger partial charge in [0.05, 0.1) is 0 Å². The largest absolute Gasteiger partial charge is 0.0882 e. The minimum Gasteiger partial charge on any atom is -0.0882 e. The van der Waals surface area contributed by atoms with Gasteiger partial charge < -0.3 is 0 Å². The van der Waals surface area contributed by atoms with Crippen LogP contribution < -0.4 is 0 Å². The summed E-state index contributed by atoms with van der Waals surface area (Å²) in [6.45, 7) is 10.1. The average molecular weight is 453 g/mol. The van der Waals surface area contributed by atoms with Crippen LogP contribution in [-0.4, -0.2) is 0 Å². The zero-order valence-electron chi connectivity index (χ0n) is 22.8. The highest BCUT2D eigenvalue weighted by atomic mass is 14.7. The third-order valence-corrected chi connectivity index (χ3v) is 11.3. The van der Waals surface area contributed by atoms with Gasteiger partial charge in [0.15, 0.2) is 0 Å². The molecule has 0 aromatic rings. The molecular formula is C33H56. The van der Waals surface area contributed by atoms with Crippen molar-refractivity contribution in [1.82, 2.24) is 0 Å². The zero-order chi connectivity index (χ0) is 23.3. The molecule has 0 bridgehead atoms. The lowest BCUT2D eigenvalue weighted by atomic mass is 9.41. The molecule has 0 nitrogen and oxygen atoms in total. The molecule has 5 atom stereocenters. The van der Waals surface area contributed by atoms with Crippen LogP contribution in [0.25, 0.3) is 0 Å². The third kappa shape index (κ3) is 4.33. The quantitative estimate of drug-likeness (QED) is 0.273. The summed E-state index contributed by atoms with van der Waals surface area (Å²) in [5.74, 6) is 4.40. The lowest BCUT2D eigenvalue weighted by molar-refractivity contribution is -0.109. The molecule has 4 rings (SSSR count). The van der Waals surface area contributed by atoms with Gasteiger partial charge in [-0.2, -0.15) is 0 Å². The highest BCUT2D eigenvalue weighted by Crippen LogP contribution is 2.74. The standard InChI is InChI=1S/C33H56/c1-5-8-17-26(4)33(30-22-14-15-23-30)31(27(7-3)16-6-2)24-25-32(33,29-20-12-13-21-29)28-18-10-9-11-19-28/h12,20,24,26-30H,5-11,13-19,21-23,25H2,1-4H3. The van der Waals surface area contributed by atoms with Gasteiger partial charge in [0.25, 0.3) is 0 Å². The molecule has 2 saturated carbocycles. The van der Waals surface area contributed by atoms with E-state index in [0.29, 0.717) is 10.8 Å². The van der Waals surface area contributed by atoms with E-state index in [-0.39, 0.29) is 0 Å². The number of rotatable bonds is 11. The van der Waals surface area contributed by atoms with E-state index in [0.717, 1.165) is 29.6 Å². The highest BCUT2D eigenvalue weighted by molar-refractivity contribution is 5.36. The Morgan fingerprint density at radius 2 is 1.55 bits per heavy atom. The first kappa shape index (κ1) is 25.6. The van der Waals surface area contributed by atoms with Crippen LogP contribution >= 0.6 is 0 Å². The van der Waals surface area contributed by atoms with E-state index in [4.69, 9.17) is 0 Å². The van der Waals surface area contributed by atoms with E-state index in [1.54, 1.807) is 0 Å². The summed E-state index contributed by atoms with van der Waals surface area (Å²) in [5, 5.41) is 0. The number of hydrogen-bond donors (Lipinski definition) is 0. The van der Waals surface area contributed by atoms with Crippen LogP contribution in [0.2, 0.25) is 0 Å². The van der Waals surface area contributed by atoms with Gasteiger partial charge >= 0.3 is 0 Å². The molecule has 0 amide bonds. The summed E-state index contributed by atoms with van der Waals surface area (Å²) in [4.78, 5) is 0. The van der Waals surface area contributed by atoms with E-state index in [1.807, 2.05) is 5.57 Å². The fourth-order valence-corrected chi connectivity index (χ4v) is 10.1. The zero-order valence-corrected chi connectivity index (χ0v) is 22.8. The minimum absolute atomic E-state index is 0.468. The van der Waals surface area contributed by atoms with Crippen molar-refractivity contribution in [2.24, 2.45) is 40.4 Å². The van der Waals surface area contributed by atoms with Gasteiger partial charge in [-0.1, -0.05) is 103 Å². The predicted octanol–water partition coefficient (Wildman–Crippen LogP) is 10.7. The molecular weight excluding hydrogens is 396 g/mol. The first-order valence-corrected chi connectivity index (χ1v) is 15.5. The Morgan fingerprint density at radius 1 is 0.848 bits per heavy atom. The van der Waals surface area contributed by atoms with Gasteiger partial charge in [-0.25, -0.2) is 0 Å². The van der Waals surface area contributed by atoms with Crippen LogP contribution in [0.15, 0.2) is 23.8 Å². The van der Waals surface area contributed by atoms with E-state index in [9.17, 15) is 0 Å². The molecule has 0 heterocycles. The van der Waals surface area contributed by atoms with Crippen LogP contribution in [-0.2, 0) is 0 Å². The van der Waals surface area contributed by atoms with Crippen molar-refractivity contribution in [3.63, 3.8) is 0 Å². The smallest absolute Gasteiger partial charge is 0.00361 e. The van der Waals surface area contributed by atoms with Gasteiger partial charge in [-0.15, -0.1) is 0 Å². The molecule has 2 fully saturated rings. The number of allylic oxidation sites excluding steroid dienone is 4. The van der Waals surface area contributed by atoms with Gasteiger partial charge in [0, 0.05) is 5.41 Å². The molecule has 4 aliphatic carbocycles. The normalized spacial score (nSPS) is 35.3. The van der Waals surface area contributed by atoms with Crippen LogP contribution in [0.5, 0.6) is 0 Å². The topological polar surface area (TPSA) is 0 Å². The second-order valence-corrected chi connectivity index (χ2v) is 12.6. The SMILES string of the molecule is CCCCC(C)C1(C2CCCC2)C(C(CC)CCC)=CCC1(C1C=CCC1)C1CCCCC1. The van der Waals surface area contributed by atoms with Crippen molar-refractivity contribution in [2.75, 3.05) is 0 Å². The van der Waals surface area contributed by atoms with E-state index >= 15 is 0 Å². The highest BCUT2D eigenvalue weighted by Gasteiger charge is 2.67. The Hall–Kier alpha value is -0.520. The van der Waals surface area contributed by atoms with Crippen molar-refractivity contribution in [3.8, 4) is 0 Å². The van der Waals surface area contributed by atoms with Gasteiger partial charge in [0.1, 0.15) is 0 Å². The fourth-order valence-electron chi connectivity index (χ4n) is 10.1. The molecule has 0 aromatic carbocycles. The molecule has 0 N–H and O–H groups in total. The number of unbranched alkanes of at least 4 members (excludes halogenated alkanes) is 1. The maximum Gasteiger partial charge on any atom is 0.00361 e. The van der Waals surface area contributed by atoms with Crippen molar-refractivity contribution < 1.29 is 0 Å². The van der Waals surface area contributed by atoms with Gasteiger partial charge in [0.2, 0.25) is 0 Å². The second kappa shape index (κ2) is 11.5. The molecule has 0 saturated heterocycles. The van der Waals surface area contributed by atoms with Crippen molar-refractivity contribution in [1.29, 1.82) is 0 Å². The Bertz CT molecular complexity index is 658. The predicted molar refractivity (Wildman–Crippen MR) is 145 cm³/mol. The van der Waals surface area contributed by atoms with Crippen molar-refractivity contribution in [2.45, 2.75) is 143 Å².